The second kappa shape index (κ2) is 8.19. The normalized spacial score (nSPS) is 13.2. The van der Waals surface area contributed by atoms with Crippen molar-refractivity contribution < 1.29 is 17.9 Å². The Balaban J connectivity index is 1.39. The van der Waals surface area contributed by atoms with Crippen LogP contribution in [0.3, 0.4) is 0 Å². The molecule has 2 aromatic carbocycles. The van der Waals surface area contributed by atoms with Crippen LogP contribution in [0, 0.1) is 0 Å². The van der Waals surface area contributed by atoms with Crippen molar-refractivity contribution in [1.82, 2.24) is 14.9 Å². The van der Waals surface area contributed by atoms with E-state index in [-0.39, 0.29) is 17.5 Å². The van der Waals surface area contributed by atoms with Crippen LogP contribution in [0.25, 0.3) is 0 Å². The van der Waals surface area contributed by atoms with E-state index in [9.17, 15) is 13.2 Å². The number of hydrogen-bond acceptors (Lipinski definition) is 5. The monoisotopic (exact) mass is 426 g/mol. The van der Waals surface area contributed by atoms with Crippen LogP contribution in [0.2, 0.25) is 0 Å². The summed E-state index contributed by atoms with van der Waals surface area (Å²) in [6, 6.07) is 14.8. The molecule has 1 aliphatic rings. The summed E-state index contributed by atoms with van der Waals surface area (Å²) in [5, 5.41) is 2.75. The van der Waals surface area contributed by atoms with Crippen molar-refractivity contribution in [3.63, 3.8) is 0 Å². The van der Waals surface area contributed by atoms with Gasteiger partial charge < -0.3 is 14.6 Å². The molecule has 1 aromatic heterocycles. The van der Waals surface area contributed by atoms with Crippen molar-refractivity contribution in [1.29, 1.82) is 0 Å². The van der Waals surface area contributed by atoms with Gasteiger partial charge in [0.25, 0.3) is 10.0 Å². The van der Waals surface area contributed by atoms with Gasteiger partial charge in [0.05, 0.1) is 19.1 Å². The van der Waals surface area contributed by atoms with Crippen molar-refractivity contribution in [3.8, 4) is 5.75 Å². The second-order valence-corrected chi connectivity index (χ2v) is 8.77. The van der Waals surface area contributed by atoms with E-state index >= 15 is 0 Å². The molecule has 0 spiro atoms. The zero-order chi connectivity index (χ0) is 21.1. The zero-order valence-corrected chi connectivity index (χ0v) is 17.3. The summed E-state index contributed by atoms with van der Waals surface area (Å²) >= 11 is 0. The number of rotatable bonds is 7. The molecule has 0 aliphatic carbocycles. The standard InChI is InChI=1S/C21H22N4O4S/c1-29-18-8-6-16(7-9-18)12-22-20(26)13-24-14-21(23-15-24)30(27,28)25-11-10-17-4-2-3-5-19(17)25/h2-9,14-15H,10-13H2,1H3,(H,22,26). The van der Waals surface area contributed by atoms with E-state index in [4.69, 9.17) is 4.74 Å². The molecule has 0 fully saturated rings. The molecule has 9 heteroatoms. The SMILES string of the molecule is COc1ccc(CNC(=O)Cn2cnc(S(=O)(=O)N3CCc4ccccc43)c2)cc1. The number of aromatic nitrogens is 2. The number of carbonyl (C=O) groups excluding carboxylic acids is 1. The van der Waals surface area contributed by atoms with Crippen LogP contribution >= 0.6 is 0 Å². The summed E-state index contributed by atoms with van der Waals surface area (Å²) in [5.74, 6) is 0.511. The number of methoxy groups -OCH3 is 1. The molecule has 0 bridgehead atoms. The van der Waals surface area contributed by atoms with Gasteiger partial charge in [-0.15, -0.1) is 0 Å². The average Bonchev–Trinajstić information content (AvgIpc) is 3.40. The first-order valence-corrected chi connectivity index (χ1v) is 10.9. The molecule has 4 rings (SSSR count). The zero-order valence-electron chi connectivity index (χ0n) is 16.5. The second-order valence-electron chi connectivity index (χ2n) is 6.96. The van der Waals surface area contributed by atoms with Gasteiger partial charge in [-0.3, -0.25) is 9.10 Å². The number of fused-ring (bicyclic) bond motifs is 1. The fourth-order valence-corrected chi connectivity index (χ4v) is 4.84. The first-order chi connectivity index (χ1) is 14.5. The van der Waals surface area contributed by atoms with Gasteiger partial charge in [-0.05, 0) is 35.7 Å². The number of para-hydroxylation sites is 1. The number of imidazole rings is 1. The predicted octanol–water partition coefficient (Wildman–Crippen LogP) is 1.96. The van der Waals surface area contributed by atoms with Gasteiger partial charge in [-0.25, -0.2) is 4.98 Å². The number of benzene rings is 2. The van der Waals surface area contributed by atoms with Gasteiger partial charge >= 0.3 is 0 Å². The van der Waals surface area contributed by atoms with Crippen LogP contribution in [-0.2, 0) is 34.3 Å². The van der Waals surface area contributed by atoms with Crippen LogP contribution in [0.4, 0.5) is 5.69 Å². The van der Waals surface area contributed by atoms with Crippen molar-refractivity contribution in [2.75, 3.05) is 18.0 Å². The highest BCUT2D eigenvalue weighted by Gasteiger charge is 2.32. The number of carbonyl (C=O) groups is 1. The number of sulfonamides is 1. The highest BCUT2D eigenvalue weighted by atomic mass is 32.2. The summed E-state index contributed by atoms with van der Waals surface area (Å²) in [6.45, 7) is 0.736. The number of nitrogens with one attached hydrogen (secondary N) is 1. The lowest BCUT2D eigenvalue weighted by atomic mass is 10.2. The van der Waals surface area contributed by atoms with Crippen LogP contribution in [-0.4, -0.2) is 37.5 Å². The van der Waals surface area contributed by atoms with E-state index < -0.39 is 10.0 Å². The summed E-state index contributed by atoms with van der Waals surface area (Å²) in [5.41, 5.74) is 2.62. The van der Waals surface area contributed by atoms with Crippen molar-refractivity contribution >= 4 is 21.6 Å². The predicted molar refractivity (Wildman–Crippen MR) is 112 cm³/mol. The molecule has 30 heavy (non-hydrogen) atoms. The number of amides is 1. The van der Waals surface area contributed by atoms with Crippen LogP contribution < -0.4 is 14.4 Å². The summed E-state index contributed by atoms with van der Waals surface area (Å²) < 4.78 is 34.0. The van der Waals surface area contributed by atoms with E-state index in [0.29, 0.717) is 25.2 Å². The summed E-state index contributed by atoms with van der Waals surface area (Å²) in [4.78, 5) is 16.3. The quantitative estimate of drug-likeness (QED) is 0.623. The maximum Gasteiger partial charge on any atom is 0.283 e. The van der Waals surface area contributed by atoms with Gasteiger partial charge in [-0.2, -0.15) is 8.42 Å². The lowest BCUT2D eigenvalue weighted by molar-refractivity contribution is -0.121. The molecule has 0 saturated carbocycles. The van der Waals surface area contributed by atoms with E-state index in [0.717, 1.165) is 16.9 Å². The van der Waals surface area contributed by atoms with E-state index in [2.05, 4.69) is 10.3 Å². The Bertz CT molecular complexity index is 1160. The third kappa shape index (κ3) is 4.02. The number of ether oxygens (including phenoxy) is 1. The largest absolute Gasteiger partial charge is 0.497 e. The Morgan fingerprint density at radius 3 is 2.70 bits per heavy atom. The molecule has 156 valence electrons. The Kier molecular flexibility index (Phi) is 5.45. The third-order valence-corrected chi connectivity index (χ3v) is 6.68. The van der Waals surface area contributed by atoms with Gasteiger partial charge in [-0.1, -0.05) is 30.3 Å². The Hall–Kier alpha value is -3.33. The molecule has 0 unspecified atom stereocenters. The summed E-state index contributed by atoms with van der Waals surface area (Å²) in [6.07, 6.45) is 3.43. The maximum absolute atomic E-state index is 13.0. The first-order valence-electron chi connectivity index (χ1n) is 9.49. The minimum absolute atomic E-state index is 0.0186. The van der Waals surface area contributed by atoms with E-state index in [1.54, 1.807) is 13.2 Å². The Morgan fingerprint density at radius 1 is 1.17 bits per heavy atom. The molecule has 8 nitrogen and oxygen atoms in total. The smallest absolute Gasteiger partial charge is 0.283 e. The molecule has 3 aromatic rings. The molecular weight excluding hydrogens is 404 g/mol. The van der Waals surface area contributed by atoms with E-state index in [1.807, 2.05) is 42.5 Å². The fourth-order valence-electron chi connectivity index (χ4n) is 3.40. The lowest BCUT2D eigenvalue weighted by Crippen LogP contribution is -2.29. The first kappa shape index (κ1) is 20.0. The van der Waals surface area contributed by atoms with Crippen LogP contribution in [0.1, 0.15) is 11.1 Å². The topological polar surface area (TPSA) is 93.5 Å². The van der Waals surface area contributed by atoms with Gasteiger partial charge in [0.2, 0.25) is 5.91 Å². The fraction of sp³-hybridized carbons (Fsp3) is 0.238. The van der Waals surface area contributed by atoms with Gasteiger partial charge in [0.15, 0.2) is 5.03 Å². The molecule has 1 aliphatic heterocycles. The summed E-state index contributed by atoms with van der Waals surface area (Å²) in [7, 11) is -2.18. The third-order valence-electron chi connectivity index (χ3n) is 4.98. The van der Waals surface area contributed by atoms with E-state index in [1.165, 1.54) is 21.4 Å². The lowest BCUT2D eigenvalue weighted by Gasteiger charge is -2.17. The van der Waals surface area contributed by atoms with Gasteiger partial charge in [0.1, 0.15) is 12.3 Å². The highest BCUT2D eigenvalue weighted by Crippen LogP contribution is 2.32. The molecule has 0 atom stereocenters. The van der Waals surface area contributed by atoms with Crippen LogP contribution in [0.5, 0.6) is 5.75 Å². The minimum Gasteiger partial charge on any atom is -0.497 e. The number of hydrogen-bond donors (Lipinski definition) is 1. The van der Waals surface area contributed by atoms with Gasteiger partial charge in [0, 0.05) is 19.3 Å². The molecule has 0 saturated heterocycles. The minimum atomic E-state index is -3.77. The molecule has 2 heterocycles. The Morgan fingerprint density at radius 2 is 1.93 bits per heavy atom. The average molecular weight is 426 g/mol. The maximum atomic E-state index is 13.0. The Labute approximate surface area is 175 Å². The van der Waals surface area contributed by atoms with Crippen molar-refractivity contribution in [2.45, 2.75) is 24.5 Å². The highest BCUT2D eigenvalue weighted by molar-refractivity contribution is 7.92. The molecular formula is C21H22N4O4S. The number of anilines is 1. The molecule has 1 amide bonds. The molecule has 1 N–H and O–H groups in total. The van der Waals surface area contributed by atoms with Crippen LogP contribution in [0.15, 0.2) is 66.1 Å². The number of nitrogens with zero attached hydrogens (tertiary/aromatic N) is 3. The van der Waals surface area contributed by atoms with Crippen molar-refractivity contribution in [3.05, 3.63) is 72.2 Å². The molecule has 0 radical (unpaired) electrons. The van der Waals surface area contributed by atoms with Crippen molar-refractivity contribution in [2.24, 2.45) is 0 Å².